The molecule has 0 saturated carbocycles. The molecule has 42 heavy (non-hydrogen) atoms. The van der Waals surface area contributed by atoms with Crippen molar-refractivity contribution >= 4 is 17.5 Å². The molecule has 0 N–H and O–H groups in total. The molecule has 226 valence electrons. The first-order valence-corrected chi connectivity index (χ1v) is 14.3. The van der Waals surface area contributed by atoms with Crippen molar-refractivity contribution in [1.29, 1.82) is 0 Å². The third kappa shape index (κ3) is 7.21. The zero-order valence-corrected chi connectivity index (χ0v) is 25.5. The highest BCUT2D eigenvalue weighted by molar-refractivity contribution is 6.05. The van der Waals surface area contributed by atoms with Crippen LogP contribution in [0.4, 0.5) is 5.69 Å². The smallest absolute Gasteiger partial charge is 0.279 e. The topological polar surface area (TPSA) is 86.8 Å². The van der Waals surface area contributed by atoms with Crippen molar-refractivity contribution in [1.82, 2.24) is 4.90 Å². The standard InChI is InChI=1S/C29H30N2O7.2C2H6/c1-30-15-16-36-29(28(30)33)38-26-25(31(27(26)32)20-9-11-21(34-2)12-10-20)23-14-13-22(35-3)17-24(23)37-18-19-7-5-4-6-8-19;2*1-2/h4-14,17,25-26,29H,15-16,18H2,1-3H3;2*1-2H3. The van der Waals surface area contributed by atoms with Crippen LogP contribution < -0.4 is 19.1 Å². The average Bonchev–Trinajstić information content (AvgIpc) is 3.05. The number of likely N-dealkylation sites (N-methyl/N-ethyl adjacent to an activating group) is 1. The number of rotatable bonds is 9. The number of carbonyl (C=O) groups excluding carboxylic acids is 2. The third-order valence-electron chi connectivity index (χ3n) is 6.72. The Bertz CT molecular complexity index is 1280. The lowest BCUT2D eigenvalue weighted by molar-refractivity contribution is -0.215. The van der Waals surface area contributed by atoms with Crippen LogP contribution in [0.25, 0.3) is 0 Å². The van der Waals surface area contributed by atoms with Gasteiger partial charge in [0, 0.05) is 30.9 Å². The normalized spacial score (nSPS) is 19.5. The second-order valence-corrected chi connectivity index (χ2v) is 9.05. The van der Waals surface area contributed by atoms with Crippen LogP contribution >= 0.6 is 0 Å². The van der Waals surface area contributed by atoms with Crippen molar-refractivity contribution in [3.05, 3.63) is 83.9 Å². The first-order valence-electron chi connectivity index (χ1n) is 14.3. The fourth-order valence-electron chi connectivity index (χ4n) is 4.56. The van der Waals surface area contributed by atoms with Crippen molar-refractivity contribution < 1.29 is 33.3 Å². The second-order valence-electron chi connectivity index (χ2n) is 9.05. The SMILES string of the molecule is CC.CC.COc1ccc(N2C(=O)C(OC3OCCN(C)C3=O)C2c2ccc(OC)cc2OCc2ccccc2)cc1. The number of ether oxygens (including phenoxy) is 5. The van der Waals surface area contributed by atoms with E-state index in [1.54, 1.807) is 44.4 Å². The van der Waals surface area contributed by atoms with Gasteiger partial charge in [-0.1, -0.05) is 58.0 Å². The maximum absolute atomic E-state index is 13.5. The van der Waals surface area contributed by atoms with Gasteiger partial charge >= 0.3 is 0 Å². The van der Waals surface area contributed by atoms with Gasteiger partial charge in [0.25, 0.3) is 11.8 Å². The molecule has 2 aliphatic heterocycles. The van der Waals surface area contributed by atoms with E-state index in [0.29, 0.717) is 42.7 Å². The van der Waals surface area contributed by atoms with Gasteiger partial charge < -0.3 is 28.6 Å². The molecule has 9 nitrogen and oxygen atoms in total. The third-order valence-corrected chi connectivity index (χ3v) is 6.72. The number of amides is 2. The highest BCUT2D eigenvalue weighted by Crippen LogP contribution is 2.46. The molecule has 0 bridgehead atoms. The molecule has 3 aromatic rings. The summed E-state index contributed by atoms with van der Waals surface area (Å²) in [5.41, 5.74) is 2.38. The number of benzene rings is 3. The fourth-order valence-corrected chi connectivity index (χ4v) is 4.56. The number of nitrogens with zero attached hydrogens (tertiary/aromatic N) is 2. The Morgan fingerprint density at radius 2 is 1.48 bits per heavy atom. The van der Waals surface area contributed by atoms with E-state index in [4.69, 9.17) is 23.7 Å². The lowest BCUT2D eigenvalue weighted by Gasteiger charge is -2.48. The number of hydrogen-bond acceptors (Lipinski definition) is 7. The van der Waals surface area contributed by atoms with Gasteiger partial charge in [0.15, 0.2) is 6.10 Å². The van der Waals surface area contributed by atoms with E-state index in [1.807, 2.05) is 82.3 Å². The van der Waals surface area contributed by atoms with E-state index < -0.39 is 18.4 Å². The lowest BCUT2D eigenvalue weighted by atomic mass is 9.88. The van der Waals surface area contributed by atoms with Crippen molar-refractivity contribution in [3.63, 3.8) is 0 Å². The molecule has 2 saturated heterocycles. The molecule has 2 amide bonds. The van der Waals surface area contributed by atoms with Gasteiger partial charge in [0.05, 0.1) is 20.8 Å². The van der Waals surface area contributed by atoms with Crippen molar-refractivity contribution in [2.75, 3.05) is 39.3 Å². The van der Waals surface area contributed by atoms with Crippen LogP contribution in [0.3, 0.4) is 0 Å². The molecule has 5 rings (SSSR count). The molecule has 2 aliphatic rings. The van der Waals surface area contributed by atoms with E-state index >= 15 is 0 Å². The number of anilines is 1. The summed E-state index contributed by atoms with van der Waals surface area (Å²) in [6.07, 6.45) is -2.11. The Morgan fingerprint density at radius 1 is 0.833 bits per heavy atom. The molecule has 3 aromatic carbocycles. The van der Waals surface area contributed by atoms with Crippen LogP contribution in [0.2, 0.25) is 0 Å². The summed E-state index contributed by atoms with van der Waals surface area (Å²) in [6, 6.07) is 21.9. The number of hydrogen-bond donors (Lipinski definition) is 0. The monoisotopic (exact) mass is 578 g/mol. The highest BCUT2D eigenvalue weighted by Gasteiger charge is 2.53. The summed E-state index contributed by atoms with van der Waals surface area (Å²) >= 11 is 0. The maximum Gasteiger partial charge on any atom is 0.279 e. The minimum absolute atomic E-state index is 0.283. The molecule has 3 atom stereocenters. The van der Waals surface area contributed by atoms with Crippen LogP contribution in [0.15, 0.2) is 72.8 Å². The van der Waals surface area contributed by atoms with Crippen molar-refractivity contribution in [2.24, 2.45) is 0 Å². The van der Waals surface area contributed by atoms with Crippen LogP contribution in [-0.4, -0.2) is 63.5 Å². The van der Waals surface area contributed by atoms with E-state index in [0.717, 1.165) is 11.1 Å². The summed E-state index contributed by atoms with van der Waals surface area (Å²) in [7, 11) is 4.85. The lowest BCUT2D eigenvalue weighted by Crippen LogP contribution is -2.62. The van der Waals surface area contributed by atoms with Gasteiger partial charge in [-0.15, -0.1) is 0 Å². The minimum atomic E-state index is -1.16. The predicted molar refractivity (Wildman–Crippen MR) is 162 cm³/mol. The van der Waals surface area contributed by atoms with Crippen molar-refractivity contribution in [2.45, 2.75) is 52.7 Å². The molecule has 2 fully saturated rings. The first kappa shape index (κ1) is 32.4. The van der Waals surface area contributed by atoms with Crippen LogP contribution in [0, 0.1) is 0 Å². The fraction of sp³-hybridized carbons (Fsp3) is 0.394. The van der Waals surface area contributed by atoms with Crippen LogP contribution in [-0.2, 0) is 25.7 Å². The predicted octanol–water partition coefficient (Wildman–Crippen LogP) is 5.62. The quantitative estimate of drug-likeness (QED) is 0.305. The summed E-state index contributed by atoms with van der Waals surface area (Å²) in [6.45, 7) is 9.12. The molecule has 0 radical (unpaired) electrons. The summed E-state index contributed by atoms with van der Waals surface area (Å²) in [5, 5.41) is 0. The average molecular weight is 579 g/mol. The van der Waals surface area contributed by atoms with Crippen LogP contribution in [0.1, 0.15) is 44.9 Å². The van der Waals surface area contributed by atoms with Gasteiger partial charge in [0.1, 0.15) is 29.9 Å². The molecular formula is C33H42N2O7. The molecule has 0 aromatic heterocycles. The zero-order valence-electron chi connectivity index (χ0n) is 25.5. The number of methoxy groups -OCH3 is 2. The van der Waals surface area contributed by atoms with Gasteiger partial charge in [-0.3, -0.25) is 14.5 Å². The van der Waals surface area contributed by atoms with Gasteiger partial charge in [-0.05, 0) is 42.0 Å². The maximum atomic E-state index is 13.5. The molecule has 0 spiro atoms. The summed E-state index contributed by atoms with van der Waals surface area (Å²) < 4.78 is 28.6. The van der Waals surface area contributed by atoms with Gasteiger partial charge in [0.2, 0.25) is 6.29 Å². The summed E-state index contributed by atoms with van der Waals surface area (Å²) in [4.78, 5) is 29.4. The summed E-state index contributed by atoms with van der Waals surface area (Å²) in [5.74, 6) is 1.23. The Labute approximate surface area is 248 Å². The number of morpholine rings is 1. The molecule has 3 unspecified atom stereocenters. The van der Waals surface area contributed by atoms with Gasteiger partial charge in [-0.25, -0.2) is 0 Å². The molecule has 9 heteroatoms. The second kappa shape index (κ2) is 15.8. The number of β-lactam (4-membered cyclic amide) rings is 1. The Morgan fingerprint density at radius 3 is 2.12 bits per heavy atom. The molecule has 2 heterocycles. The molecular weight excluding hydrogens is 536 g/mol. The molecule has 0 aliphatic carbocycles. The minimum Gasteiger partial charge on any atom is -0.497 e. The van der Waals surface area contributed by atoms with Gasteiger partial charge in [-0.2, -0.15) is 0 Å². The Kier molecular flexibility index (Phi) is 12.2. The zero-order chi connectivity index (χ0) is 30.6. The Hall–Kier alpha value is -4.08. The first-order chi connectivity index (χ1) is 20.5. The highest BCUT2D eigenvalue weighted by atomic mass is 16.7. The van der Waals surface area contributed by atoms with Crippen molar-refractivity contribution in [3.8, 4) is 17.2 Å². The number of carbonyl (C=O) groups is 2. The van der Waals surface area contributed by atoms with E-state index in [2.05, 4.69) is 0 Å². The van der Waals surface area contributed by atoms with E-state index in [-0.39, 0.29) is 11.8 Å². The van der Waals surface area contributed by atoms with E-state index in [9.17, 15) is 9.59 Å². The van der Waals surface area contributed by atoms with E-state index in [1.165, 1.54) is 4.90 Å². The largest absolute Gasteiger partial charge is 0.497 e. The van der Waals surface area contributed by atoms with Crippen LogP contribution in [0.5, 0.6) is 17.2 Å². The Balaban J connectivity index is 0.00000116.